The highest BCUT2D eigenvalue weighted by molar-refractivity contribution is 9.23. The summed E-state index contributed by atoms with van der Waals surface area (Å²) in [5.74, 6) is -7.20. The third kappa shape index (κ3) is 2.29. The second-order valence-corrected chi connectivity index (χ2v) is 6.95. The van der Waals surface area contributed by atoms with Gasteiger partial charge < -0.3 is 12.9 Å². The van der Waals surface area contributed by atoms with Gasteiger partial charge in [0, 0.05) is 0 Å². The van der Waals surface area contributed by atoms with Crippen LogP contribution < -0.4 is 0 Å². The molecule has 0 saturated heterocycles. The molecule has 0 spiro atoms. The Morgan fingerprint density at radius 2 is 1.63 bits per heavy atom. The van der Waals surface area contributed by atoms with Gasteiger partial charge in [-0.2, -0.15) is 13.2 Å². The molecule has 1 unspecified atom stereocenters. The van der Waals surface area contributed by atoms with E-state index in [1.54, 1.807) is 0 Å². The molecule has 1 aliphatic rings. The molecule has 0 radical (unpaired) electrons. The molecule has 0 aromatic heterocycles. The van der Waals surface area contributed by atoms with Gasteiger partial charge in [0.2, 0.25) is 0 Å². The first-order valence-corrected chi connectivity index (χ1v) is 9.62. The van der Waals surface area contributed by atoms with Crippen LogP contribution in [-0.2, 0) is 6.18 Å². The lowest BCUT2D eigenvalue weighted by atomic mass is 10.0. The van der Waals surface area contributed by atoms with Gasteiger partial charge in [-0.25, -0.2) is 17.6 Å². The topological polar surface area (TPSA) is 0 Å². The molecule has 0 fully saturated rings. The van der Waals surface area contributed by atoms with Crippen LogP contribution in [0.3, 0.4) is 0 Å². The predicted molar refractivity (Wildman–Crippen MR) is 57.9 cm³/mol. The van der Waals surface area contributed by atoms with Crippen molar-refractivity contribution in [1.29, 1.82) is 0 Å². The van der Waals surface area contributed by atoms with Crippen molar-refractivity contribution in [2.45, 2.75) is 10.2 Å². The quantitative estimate of drug-likeness (QED) is 0.505. The van der Waals surface area contributed by atoms with Gasteiger partial charge in [-0.1, -0.05) is 0 Å². The Morgan fingerprint density at radius 3 is 2.11 bits per heavy atom. The summed E-state index contributed by atoms with van der Waals surface area (Å²) >= 11 is 1.43. The Balaban J connectivity index is 2.77. The molecule has 0 aliphatic heterocycles. The maximum Gasteiger partial charge on any atom is 0.486 e. The molecule has 9 heteroatoms. The molecule has 1 aromatic rings. The lowest BCUT2D eigenvalue weighted by Crippen LogP contribution is -2.13. The van der Waals surface area contributed by atoms with Crippen LogP contribution in [0.5, 0.6) is 0 Å². The van der Waals surface area contributed by atoms with Gasteiger partial charge in [0.05, 0.1) is 11.1 Å². The summed E-state index contributed by atoms with van der Waals surface area (Å²) in [4.78, 5) is 0. The third-order valence-electron chi connectivity index (χ3n) is 2.81. The lowest BCUT2D eigenvalue weighted by Gasteiger charge is -2.14. The van der Waals surface area contributed by atoms with E-state index in [2.05, 4.69) is 12.9 Å². The first-order chi connectivity index (χ1) is 8.70. The molecular formula is C10H2BrF7Mg. The van der Waals surface area contributed by atoms with Crippen molar-refractivity contribution in [2.24, 2.45) is 0 Å². The summed E-state index contributed by atoms with van der Waals surface area (Å²) in [5.41, 5.74) is -3.39. The summed E-state index contributed by atoms with van der Waals surface area (Å²) in [5, 5.41) is 0. The fourth-order valence-electron chi connectivity index (χ4n) is 1.91. The standard InChI is InChI=1S/C10H2F7.BrH.Mg/c11-5-2-3-1-4(10(15,16)17)7(12)9(14)6(3)8(5)13;;/h1-2H;1H;/q;;+1/p-1. The van der Waals surface area contributed by atoms with E-state index < -0.39 is 68.4 Å². The molecule has 0 bridgehead atoms. The predicted octanol–water partition coefficient (Wildman–Crippen LogP) is 4.66. The van der Waals surface area contributed by atoms with Crippen LogP contribution in [0.4, 0.5) is 30.7 Å². The van der Waals surface area contributed by atoms with Crippen LogP contribution in [-0.4, -0.2) is 18.2 Å². The van der Waals surface area contributed by atoms with Gasteiger partial charge in [-0.15, -0.1) is 0 Å². The summed E-state index contributed by atoms with van der Waals surface area (Å²) in [6, 6.07) is 0.277. The van der Waals surface area contributed by atoms with Crippen molar-refractivity contribution in [2.75, 3.05) is 0 Å². The van der Waals surface area contributed by atoms with E-state index in [0.717, 1.165) is 0 Å². The summed E-state index contributed by atoms with van der Waals surface area (Å²) in [6.45, 7) is 0. The molecular weight excluding hydrogens is 357 g/mol. The normalized spacial score (nSPS) is 18.6. The van der Waals surface area contributed by atoms with Crippen molar-refractivity contribution >= 4 is 36.9 Å². The third-order valence-corrected chi connectivity index (χ3v) is 5.86. The minimum atomic E-state index is -5.13. The Hall–Kier alpha value is -0.284. The van der Waals surface area contributed by atoms with Crippen molar-refractivity contribution in [3.8, 4) is 0 Å². The highest BCUT2D eigenvalue weighted by Gasteiger charge is 2.42. The minimum absolute atomic E-state index is 0.277. The summed E-state index contributed by atoms with van der Waals surface area (Å²) < 4.78 is 90.0. The number of rotatable bonds is 1. The SMILES string of the molecule is FC1=C(F)[CH]([Mg][Br])c2cc(C(F)(F)F)c(F)c(F)c21. The maximum atomic E-state index is 13.5. The molecule has 0 saturated carbocycles. The summed E-state index contributed by atoms with van der Waals surface area (Å²) in [7, 11) is 0. The van der Waals surface area contributed by atoms with Crippen LogP contribution in [0.1, 0.15) is 20.7 Å². The highest BCUT2D eigenvalue weighted by atomic mass is 79.9. The molecule has 2 rings (SSSR count). The number of fused-ring (bicyclic) bond motifs is 1. The molecule has 1 atom stereocenters. The molecule has 0 amide bonds. The highest BCUT2D eigenvalue weighted by Crippen LogP contribution is 2.47. The first kappa shape index (κ1) is 15.1. The zero-order valence-electron chi connectivity index (χ0n) is 8.89. The van der Waals surface area contributed by atoms with Crippen LogP contribution in [0, 0.1) is 11.6 Å². The second-order valence-electron chi connectivity index (χ2n) is 3.88. The van der Waals surface area contributed by atoms with Gasteiger partial charge in [-0.05, 0) is 15.7 Å². The number of benzene rings is 1. The largest absolute Gasteiger partial charge is 0.486 e. The van der Waals surface area contributed by atoms with Crippen molar-refractivity contribution < 1.29 is 30.7 Å². The van der Waals surface area contributed by atoms with E-state index in [4.69, 9.17) is 0 Å². The van der Waals surface area contributed by atoms with E-state index in [1.165, 1.54) is 0 Å². The Morgan fingerprint density at radius 1 is 1.05 bits per heavy atom. The Kier molecular flexibility index (Phi) is 3.91. The van der Waals surface area contributed by atoms with Crippen LogP contribution >= 0.6 is 12.9 Å². The molecule has 0 N–H and O–H groups in total. The lowest BCUT2D eigenvalue weighted by molar-refractivity contribution is -0.140. The molecule has 1 aromatic carbocycles. The van der Waals surface area contributed by atoms with Crippen molar-refractivity contribution in [3.05, 3.63) is 40.2 Å². The van der Waals surface area contributed by atoms with E-state index in [0.29, 0.717) is 0 Å². The van der Waals surface area contributed by atoms with Gasteiger partial charge in [0.15, 0.2) is 17.5 Å². The average molecular weight is 359 g/mol. The van der Waals surface area contributed by atoms with E-state index in [1.807, 2.05) is 0 Å². The van der Waals surface area contributed by atoms with Crippen LogP contribution in [0.2, 0.25) is 0 Å². The van der Waals surface area contributed by atoms with Gasteiger partial charge in [-0.3, -0.25) is 0 Å². The number of hydrogen-bond donors (Lipinski definition) is 0. The second kappa shape index (κ2) is 4.92. The zero-order valence-corrected chi connectivity index (χ0v) is 11.9. The number of allylic oxidation sites excluding steroid dienone is 1. The Labute approximate surface area is 118 Å². The van der Waals surface area contributed by atoms with E-state index in [9.17, 15) is 30.7 Å². The fraction of sp³-hybridized carbons (Fsp3) is 0.200. The van der Waals surface area contributed by atoms with Crippen LogP contribution in [0.25, 0.3) is 5.83 Å². The fourth-order valence-corrected chi connectivity index (χ4v) is 4.61. The smallest absolute Gasteiger partial charge is 0.305 e. The number of alkyl halides is 3. The van der Waals surface area contributed by atoms with Gasteiger partial charge >= 0.3 is 24.4 Å². The number of hydrogen-bond acceptors (Lipinski definition) is 0. The Bertz CT molecular complexity index is 578. The van der Waals surface area contributed by atoms with E-state index in [-0.39, 0.29) is 6.07 Å². The van der Waals surface area contributed by atoms with Crippen LogP contribution in [0.15, 0.2) is 11.9 Å². The zero-order chi connectivity index (χ0) is 14.5. The molecule has 1 aliphatic carbocycles. The monoisotopic (exact) mass is 358 g/mol. The first-order valence-electron chi connectivity index (χ1n) is 4.90. The maximum absolute atomic E-state index is 13.5. The van der Waals surface area contributed by atoms with Gasteiger partial charge in [0.1, 0.15) is 5.83 Å². The number of halogens is 8. The van der Waals surface area contributed by atoms with Crippen molar-refractivity contribution in [1.82, 2.24) is 0 Å². The van der Waals surface area contributed by atoms with Crippen molar-refractivity contribution in [3.63, 3.8) is 0 Å². The molecule has 0 nitrogen and oxygen atoms in total. The molecule has 0 heterocycles. The average Bonchev–Trinajstić information content (AvgIpc) is 2.55. The van der Waals surface area contributed by atoms with Gasteiger partial charge in [0.25, 0.3) is 0 Å². The summed E-state index contributed by atoms with van der Waals surface area (Å²) in [6.07, 6.45) is -5.13. The molecule has 19 heavy (non-hydrogen) atoms. The molecule has 100 valence electrons. The minimum Gasteiger partial charge on any atom is -0.305 e. The van der Waals surface area contributed by atoms with E-state index >= 15 is 0 Å².